The van der Waals surface area contributed by atoms with Gasteiger partial charge in [0.2, 0.25) is 0 Å². The number of aromatic nitrogens is 3. The largest absolute Gasteiger partial charge is 0.432 e. The van der Waals surface area contributed by atoms with E-state index < -0.39 is 0 Å². The van der Waals surface area contributed by atoms with Gasteiger partial charge in [-0.15, -0.1) is 0 Å². The van der Waals surface area contributed by atoms with Gasteiger partial charge in [-0.1, -0.05) is 0 Å². The first-order chi connectivity index (χ1) is 9.72. The van der Waals surface area contributed by atoms with Crippen LogP contribution in [-0.4, -0.2) is 27.9 Å². The van der Waals surface area contributed by atoms with Crippen molar-refractivity contribution in [1.29, 1.82) is 0 Å². The van der Waals surface area contributed by atoms with E-state index >= 15 is 0 Å². The SMILES string of the molecule is Cc1ccc(=O)n(CC2CCN(c3ncco3)CC2)n1. The maximum atomic E-state index is 11.8. The lowest BCUT2D eigenvalue weighted by molar-refractivity contribution is 0.326. The van der Waals surface area contributed by atoms with Crippen LogP contribution < -0.4 is 10.5 Å². The van der Waals surface area contributed by atoms with Crippen LogP contribution in [0.15, 0.2) is 33.8 Å². The third kappa shape index (κ3) is 2.74. The van der Waals surface area contributed by atoms with Gasteiger partial charge in [0.05, 0.1) is 11.9 Å². The van der Waals surface area contributed by atoms with Crippen molar-refractivity contribution in [3.8, 4) is 0 Å². The Hall–Kier alpha value is -2.11. The summed E-state index contributed by atoms with van der Waals surface area (Å²) in [5, 5.41) is 4.30. The molecule has 1 fully saturated rings. The van der Waals surface area contributed by atoms with E-state index in [-0.39, 0.29) is 5.56 Å². The summed E-state index contributed by atoms with van der Waals surface area (Å²) in [6.45, 7) is 4.42. The molecule has 0 atom stereocenters. The third-order valence-electron chi connectivity index (χ3n) is 3.74. The molecule has 106 valence electrons. The Morgan fingerprint density at radius 1 is 1.35 bits per heavy atom. The molecule has 3 rings (SSSR count). The van der Waals surface area contributed by atoms with Crippen LogP contribution >= 0.6 is 0 Å². The zero-order valence-corrected chi connectivity index (χ0v) is 11.5. The molecule has 0 N–H and O–H groups in total. The Morgan fingerprint density at radius 2 is 2.15 bits per heavy atom. The Kier molecular flexibility index (Phi) is 3.54. The van der Waals surface area contributed by atoms with Crippen molar-refractivity contribution in [3.63, 3.8) is 0 Å². The van der Waals surface area contributed by atoms with Crippen LogP contribution in [0.5, 0.6) is 0 Å². The van der Waals surface area contributed by atoms with Crippen molar-refractivity contribution in [3.05, 3.63) is 40.6 Å². The van der Waals surface area contributed by atoms with Gasteiger partial charge in [0.15, 0.2) is 0 Å². The molecule has 0 unspecified atom stereocenters. The van der Waals surface area contributed by atoms with Gasteiger partial charge in [0.1, 0.15) is 6.26 Å². The van der Waals surface area contributed by atoms with E-state index in [9.17, 15) is 4.79 Å². The molecule has 0 aliphatic carbocycles. The standard InChI is InChI=1S/C14H18N4O2/c1-11-2-3-13(19)18(16-11)10-12-4-7-17(8-5-12)14-15-6-9-20-14/h2-3,6,9,12H,4-5,7-8,10H2,1H3. The maximum Gasteiger partial charge on any atom is 0.297 e. The molecule has 1 aliphatic heterocycles. The fraction of sp³-hybridized carbons (Fsp3) is 0.500. The molecular weight excluding hydrogens is 256 g/mol. The van der Waals surface area contributed by atoms with Crippen molar-refractivity contribution < 1.29 is 4.42 Å². The van der Waals surface area contributed by atoms with Crippen LogP contribution in [0.2, 0.25) is 0 Å². The van der Waals surface area contributed by atoms with E-state index in [1.807, 2.05) is 6.92 Å². The molecule has 6 heteroatoms. The quantitative estimate of drug-likeness (QED) is 0.847. The lowest BCUT2D eigenvalue weighted by Gasteiger charge is -2.30. The third-order valence-corrected chi connectivity index (χ3v) is 3.74. The van der Waals surface area contributed by atoms with E-state index in [0.29, 0.717) is 18.5 Å². The van der Waals surface area contributed by atoms with E-state index in [4.69, 9.17) is 4.42 Å². The smallest absolute Gasteiger partial charge is 0.297 e. The van der Waals surface area contributed by atoms with Gasteiger partial charge in [-0.25, -0.2) is 9.67 Å². The summed E-state index contributed by atoms with van der Waals surface area (Å²) in [7, 11) is 0. The number of hydrogen-bond donors (Lipinski definition) is 0. The molecule has 0 radical (unpaired) electrons. The van der Waals surface area contributed by atoms with E-state index in [2.05, 4.69) is 15.0 Å². The van der Waals surface area contributed by atoms with Crippen LogP contribution in [0.1, 0.15) is 18.5 Å². The highest BCUT2D eigenvalue weighted by molar-refractivity contribution is 5.25. The number of nitrogens with zero attached hydrogens (tertiary/aromatic N) is 4. The fourth-order valence-electron chi connectivity index (χ4n) is 2.61. The average molecular weight is 274 g/mol. The molecule has 0 spiro atoms. The van der Waals surface area contributed by atoms with Gasteiger partial charge >= 0.3 is 0 Å². The Labute approximate surface area is 117 Å². The Morgan fingerprint density at radius 3 is 2.85 bits per heavy atom. The number of hydrogen-bond acceptors (Lipinski definition) is 5. The second-order valence-corrected chi connectivity index (χ2v) is 5.24. The van der Waals surface area contributed by atoms with Gasteiger partial charge in [-0.3, -0.25) is 4.79 Å². The van der Waals surface area contributed by atoms with Gasteiger partial charge in [-0.05, 0) is 31.7 Å². The first-order valence-corrected chi connectivity index (χ1v) is 6.91. The molecule has 1 saturated heterocycles. The maximum absolute atomic E-state index is 11.8. The molecule has 6 nitrogen and oxygen atoms in total. The first-order valence-electron chi connectivity index (χ1n) is 6.91. The topological polar surface area (TPSA) is 64.2 Å². The minimum Gasteiger partial charge on any atom is -0.432 e. The summed E-state index contributed by atoms with van der Waals surface area (Å²) in [6.07, 6.45) is 5.30. The fourth-order valence-corrected chi connectivity index (χ4v) is 2.61. The van der Waals surface area contributed by atoms with Crippen LogP contribution in [0, 0.1) is 12.8 Å². The molecule has 0 amide bonds. The van der Waals surface area contributed by atoms with E-state index in [1.54, 1.807) is 29.3 Å². The Bertz CT molecular complexity index is 612. The van der Waals surface area contributed by atoms with Crippen LogP contribution in [-0.2, 0) is 6.54 Å². The summed E-state index contributed by atoms with van der Waals surface area (Å²) < 4.78 is 6.89. The lowest BCUT2D eigenvalue weighted by atomic mass is 9.97. The summed E-state index contributed by atoms with van der Waals surface area (Å²) in [4.78, 5) is 18.1. The second kappa shape index (κ2) is 5.48. The normalized spacial score (nSPS) is 16.6. The van der Waals surface area contributed by atoms with Crippen molar-refractivity contribution in [1.82, 2.24) is 14.8 Å². The first kappa shape index (κ1) is 12.9. The number of piperidine rings is 1. The molecule has 2 aromatic rings. The zero-order chi connectivity index (χ0) is 13.9. The second-order valence-electron chi connectivity index (χ2n) is 5.24. The zero-order valence-electron chi connectivity index (χ0n) is 11.5. The summed E-state index contributed by atoms with van der Waals surface area (Å²) in [5.74, 6) is 0.480. The predicted octanol–water partition coefficient (Wildman–Crippen LogP) is 1.46. The Balaban J connectivity index is 1.61. The average Bonchev–Trinajstić information content (AvgIpc) is 2.98. The molecule has 1 aliphatic rings. The number of anilines is 1. The summed E-state index contributed by atoms with van der Waals surface area (Å²) in [6, 6.07) is 4.03. The van der Waals surface area contributed by atoms with Crippen molar-refractivity contribution in [2.75, 3.05) is 18.0 Å². The van der Waals surface area contributed by atoms with Crippen molar-refractivity contribution in [2.24, 2.45) is 5.92 Å². The molecule has 20 heavy (non-hydrogen) atoms. The van der Waals surface area contributed by atoms with Crippen molar-refractivity contribution in [2.45, 2.75) is 26.3 Å². The van der Waals surface area contributed by atoms with E-state index in [1.165, 1.54) is 0 Å². The number of aryl methyl sites for hydroxylation is 1. The van der Waals surface area contributed by atoms with Gasteiger partial charge in [-0.2, -0.15) is 5.10 Å². The highest BCUT2D eigenvalue weighted by Crippen LogP contribution is 2.22. The summed E-state index contributed by atoms with van der Waals surface area (Å²) >= 11 is 0. The number of rotatable bonds is 3. The van der Waals surface area contributed by atoms with Crippen molar-refractivity contribution >= 4 is 6.01 Å². The molecule has 2 aromatic heterocycles. The van der Waals surface area contributed by atoms with Gasteiger partial charge in [0, 0.05) is 25.7 Å². The molecular formula is C14H18N4O2. The highest BCUT2D eigenvalue weighted by atomic mass is 16.4. The molecule has 0 saturated carbocycles. The van der Waals surface area contributed by atoms with Crippen LogP contribution in [0.3, 0.4) is 0 Å². The van der Waals surface area contributed by atoms with E-state index in [0.717, 1.165) is 31.6 Å². The molecule has 0 aromatic carbocycles. The minimum absolute atomic E-state index is 0.0225. The number of oxazole rings is 1. The van der Waals surface area contributed by atoms with Gasteiger partial charge in [0.25, 0.3) is 11.6 Å². The highest BCUT2D eigenvalue weighted by Gasteiger charge is 2.22. The van der Waals surface area contributed by atoms with Crippen LogP contribution in [0.4, 0.5) is 6.01 Å². The summed E-state index contributed by atoms with van der Waals surface area (Å²) in [5.41, 5.74) is 0.854. The lowest BCUT2D eigenvalue weighted by Crippen LogP contribution is -2.37. The monoisotopic (exact) mass is 274 g/mol. The van der Waals surface area contributed by atoms with Gasteiger partial charge < -0.3 is 9.32 Å². The molecule has 3 heterocycles. The molecule has 0 bridgehead atoms. The van der Waals surface area contributed by atoms with Crippen LogP contribution in [0.25, 0.3) is 0 Å². The predicted molar refractivity (Wildman–Crippen MR) is 74.7 cm³/mol. The minimum atomic E-state index is -0.0225.